The van der Waals surface area contributed by atoms with Crippen molar-refractivity contribution in [2.75, 3.05) is 10.6 Å². The van der Waals surface area contributed by atoms with Gasteiger partial charge in [0.25, 0.3) is 0 Å². The van der Waals surface area contributed by atoms with Gasteiger partial charge in [0, 0.05) is 23.3 Å². The van der Waals surface area contributed by atoms with Crippen molar-refractivity contribution in [1.29, 1.82) is 5.26 Å². The largest absolute Gasteiger partial charge is 0.380 e. The monoisotopic (exact) mass is 541 g/mol. The van der Waals surface area contributed by atoms with E-state index in [2.05, 4.69) is 38.9 Å². The molecule has 0 saturated heterocycles. The molecule has 39 heavy (non-hydrogen) atoms. The lowest BCUT2D eigenvalue weighted by atomic mass is 9.69. The Bertz CT molecular complexity index is 1560. The van der Waals surface area contributed by atoms with Crippen LogP contribution in [0.3, 0.4) is 0 Å². The summed E-state index contributed by atoms with van der Waals surface area (Å²) in [5.41, 5.74) is 3.34. The summed E-state index contributed by atoms with van der Waals surface area (Å²) in [7, 11) is 2.01. The molecule has 3 atom stereocenters. The second-order valence-corrected chi connectivity index (χ2v) is 11.5. The van der Waals surface area contributed by atoms with E-state index >= 15 is 0 Å². The van der Waals surface area contributed by atoms with Crippen molar-refractivity contribution >= 4 is 41.7 Å². The van der Waals surface area contributed by atoms with Crippen LogP contribution in [0.25, 0.3) is 10.9 Å². The SMILES string of the molecule is BC(Nc1cc(Cl)c2ncc(C#N)c(NC3CCCCC3C)c2c1)(c1ccc(F)cc1)c1cn(C2CC2)nn1. The first-order valence-electron chi connectivity index (χ1n) is 13.6. The van der Waals surface area contributed by atoms with Gasteiger partial charge in [0.15, 0.2) is 0 Å². The van der Waals surface area contributed by atoms with Crippen molar-refractivity contribution in [3.63, 3.8) is 0 Å². The molecule has 3 unspecified atom stereocenters. The van der Waals surface area contributed by atoms with Gasteiger partial charge in [-0.15, -0.1) is 5.10 Å². The molecule has 198 valence electrons. The van der Waals surface area contributed by atoms with E-state index in [9.17, 15) is 9.65 Å². The molecule has 0 radical (unpaired) electrons. The van der Waals surface area contributed by atoms with Crippen LogP contribution in [0.2, 0.25) is 5.02 Å². The average molecular weight is 542 g/mol. The molecular weight excluding hydrogens is 512 g/mol. The van der Waals surface area contributed by atoms with Crippen LogP contribution in [0.5, 0.6) is 0 Å². The van der Waals surface area contributed by atoms with E-state index < -0.39 is 5.44 Å². The van der Waals surface area contributed by atoms with Crippen molar-refractivity contribution < 1.29 is 4.39 Å². The van der Waals surface area contributed by atoms with Gasteiger partial charge in [-0.3, -0.25) is 4.98 Å². The minimum atomic E-state index is -0.830. The quantitative estimate of drug-likeness (QED) is 0.289. The molecule has 0 bridgehead atoms. The Labute approximate surface area is 233 Å². The number of nitriles is 1. The molecule has 6 rings (SSSR count). The molecule has 2 saturated carbocycles. The van der Waals surface area contributed by atoms with E-state index in [4.69, 9.17) is 11.6 Å². The summed E-state index contributed by atoms with van der Waals surface area (Å²) in [5, 5.41) is 27.4. The summed E-state index contributed by atoms with van der Waals surface area (Å²) in [4.78, 5) is 4.53. The molecule has 2 aliphatic rings. The smallest absolute Gasteiger partial charge is 0.148 e. The standard InChI is InChI=1S/C29H30BClFN7/c1-17-4-2-3-5-25(17)35-27-18(14-33)15-34-28-23(27)12-21(13-24(28)31)36-29(30,19-6-8-20(32)9-7-19)26-16-39(38-37-26)22-10-11-22/h6-9,12-13,15-17,22,25,36H,2-5,10-11,30H2,1H3,(H,34,35). The first kappa shape index (κ1) is 25.6. The van der Waals surface area contributed by atoms with Crippen LogP contribution in [-0.4, -0.2) is 33.9 Å². The summed E-state index contributed by atoms with van der Waals surface area (Å²) in [6, 6.07) is 13.2. The van der Waals surface area contributed by atoms with Gasteiger partial charge in [-0.1, -0.05) is 48.7 Å². The molecule has 2 aromatic carbocycles. The van der Waals surface area contributed by atoms with Crippen molar-refractivity contribution in [2.24, 2.45) is 5.92 Å². The fraction of sp³-hybridized carbons (Fsp3) is 0.379. The number of aromatic nitrogens is 4. The second kappa shape index (κ2) is 10.2. The molecule has 2 aromatic heterocycles. The topological polar surface area (TPSA) is 91.5 Å². The summed E-state index contributed by atoms with van der Waals surface area (Å²) in [5.74, 6) is 0.195. The highest BCUT2D eigenvalue weighted by atomic mass is 35.5. The number of fused-ring (bicyclic) bond motifs is 1. The minimum Gasteiger partial charge on any atom is -0.380 e. The Balaban J connectivity index is 1.45. The highest BCUT2D eigenvalue weighted by Crippen LogP contribution is 2.39. The van der Waals surface area contributed by atoms with E-state index in [0.29, 0.717) is 28.1 Å². The van der Waals surface area contributed by atoms with Crippen LogP contribution < -0.4 is 10.6 Å². The Morgan fingerprint density at radius 2 is 1.92 bits per heavy atom. The van der Waals surface area contributed by atoms with Crippen LogP contribution in [0, 0.1) is 23.1 Å². The van der Waals surface area contributed by atoms with Gasteiger partial charge < -0.3 is 10.6 Å². The molecule has 7 nitrogen and oxygen atoms in total. The van der Waals surface area contributed by atoms with Gasteiger partial charge in [0.1, 0.15) is 25.4 Å². The van der Waals surface area contributed by atoms with Crippen molar-refractivity contribution in [3.8, 4) is 6.07 Å². The highest BCUT2D eigenvalue weighted by Gasteiger charge is 2.34. The molecule has 2 heterocycles. The molecule has 10 heteroatoms. The number of pyridine rings is 1. The van der Waals surface area contributed by atoms with Gasteiger partial charge in [0.05, 0.1) is 39.5 Å². The van der Waals surface area contributed by atoms with Crippen molar-refractivity contribution in [1.82, 2.24) is 20.0 Å². The van der Waals surface area contributed by atoms with Crippen LogP contribution >= 0.6 is 11.6 Å². The predicted molar refractivity (Wildman–Crippen MR) is 154 cm³/mol. The normalized spacial score (nSPS) is 20.8. The zero-order valence-electron chi connectivity index (χ0n) is 22.1. The third-order valence-corrected chi connectivity index (χ3v) is 8.53. The number of rotatable bonds is 7. The number of halogens is 2. The number of nitrogens with zero attached hydrogens (tertiary/aromatic N) is 5. The van der Waals surface area contributed by atoms with Crippen LogP contribution in [0.15, 0.2) is 48.8 Å². The van der Waals surface area contributed by atoms with E-state index in [1.165, 1.54) is 18.6 Å². The number of benzene rings is 2. The third kappa shape index (κ3) is 4.94. The Morgan fingerprint density at radius 1 is 1.15 bits per heavy atom. The lowest BCUT2D eigenvalue weighted by Crippen LogP contribution is -2.37. The van der Waals surface area contributed by atoms with Crippen LogP contribution in [-0.2, 0) is 5.44 Å². The minimum absolute atomic E-state index is 0.272. The number of anilines is 2. The molecule has 2 N–H and O–H groups in total. The molecule has 0 aliphatic heterocycles. The van der Waals surface area contributed by atoms with Crippen molar-refractivity contribution in [2.45, 2.75) is 63.0 Å². The Hall–Kier alpha value is -3.64. The summed E-state index contributed by atoms with van der Waals surface area (Å²) < 4.78 is 15.8. The molecule has 4 aromatic rings. The van der Waals surface area contributed by atoms with E-state index in [1.54, 1.807) is 18.3 Å². The van der Waals surface area contributed by atoms with E-state index in [-0.39, 0.29) is 11.9 Å². The Kier molecular flexibility index (Phi) is 6.68. The van der Waals surface area contributed by atoms with Gasteiger partial charge in [-0.2, -0.15) is 5.26 Å². The zero-order chi connectivity index (χ0) is 27.1. The van der Waals surface area contributed by atoms with E-state index in [0.717, 1.165) is 60.1 Å². The first-order chi connectivity index (χ1) is 18.9. The van der Waals surface area contributed by atoms with Crippen molar-refractivity contribution in [3.05, 3.63) is 76.5 Å². The molecule has 2 fully saturated rings. The average Bonchev–Trinajstić information content (AvgIpc) is 3.66. The van der Waals surface area contributed by atoms with Gasteiger partial charge in [-0.05, 0) is 61.4 Å². The number of hydrogen-bond donors (Lipinski definition) is 2. The molecule has 2 aliphatic carbocycles. The Morgan fingerprint density at radius 3 is 2.64 bits per heavy atom. The second-order valence-electron chi connectivity index (χ2n) is 11.1. The molecule has 0 amide bonds. The lowest BCUT2D eigenvalue weighted by molar-refractivity contribution is 0.349. The number of nitrogens with one attached hydrogen (secondary N) is 2. The third-order valence-electron chi connectivity index (χ3n) is 8.25. The predicted octanol–water partition coefficient (Wildman–Crippen LogP) is 5.76. The van der Waals surface area contributed by atoms with Crippen LogP contribution in [0.4, 0.5) is 15.8 Å². The van der Waals surface area contributed by atoms with E-state index in [1.807, 2.05) is 30.9 Å². The fourth-order valence-corrected chi connectivity index (χ4v) is 5.94. The lowest BCUT2D eigenvalue weighted by Gasteiger charge is -2.32. The van der Waals surface area contributed by atoms with Gasteiger partial charge >= 0.3 is 0 Å². The fourth-order valence-electron chi connectivity index (χ4n) is 5.67. The molecular formula is C29H30BClFN7. The van der Waals surface area contributed by atoms with Gasteiger partial charge in [0.2, 0.25) is 0 Å². The maximum absolute atomic E-state index is 13.9. The summed E-state index contributed by atoms with van der Waals surface area (Å²) in [6.07, 6.45) is 10.3. The maximum Gasteiger partial charge on any atom is 0.148 e. The maximum atomic E-state index is 13.9. The summed E-state index contributed by atoms with van der Waals surface area (Å²) >= 11 is 6.80. The van der Waals surface area contributed by atoms with Gasteiger partial charge in [-0.25, -0.2) is 9.07 Å². The molecule has 0 spiro atoms. The van der Waals surface area contributed by atoms with Crippen LogP contribution in [0.1, 0.15) is 68.3 Å². The zero-order valence-corrected chi connectivity index (χ0v) is 22.8. The highest BCUT2D eigenvalue weighted by molar-refractivity contribution is 6.36. The summed E-state index contributed by atoms with van der Waals surface area (Å²) in [6.45, 7) is 2.26. The first-order valence-corrected chi connectivity index (χ1v) is 14.0. The number of hydrogen-bond acceptors (Lipinski definition) is 6.